The molecule has 0 aliphatic rings. The zero-order chi connectivity index (χ0) is 18.8. The molecule has 0 unspecified atom stereocenters. The molecular weight excluding hydrogens is 320 g/mol. The van der Waals surface area contributed by atoms with Crippen LogP contribution in [-0.4, -0.2) is 26.2 Å². The number of aryl methyl sites for hydroxylation is 2. The number of nitrogens with one attached hydrogen (secondary N) is 1. The number of amides is 1. The van der Waals surface area contributed by atoms with Crippen molar-refractivity contribution in [1.29, 1.82) is 0 Å². The molecule has 136 valence electrons. The van der Waals surface area contributed by atoms with Crippen molar-refractivity contribution >= 4 is 5.91 Å². The van der Waals surface area contributed by atoms with E-state index in [1.165, 1.54) is 0 Å². The first-order chi connectivity index (χ1) is 11.6. The normalized spacial score (nSPS) is 11.8. The zero-order valence-electron chi connectivity index (χ0n) is 15.7. The van der Waals surface area contributed by atoms with Gasteiger partial charge in [0, 0.05) is 30.1 Å². The second kappa shape index (κ2) is 7.21. The van der Waals surface area contributed by atoms with E-state index in [0.29, 0.717) is 17.9 Å². The molecule has 0 radical (unpaired) electrons. The van der Waals surface area contributed by atoms with Crippen molar-refractivity contribution in [3.8, 4) is 11.4 Å². The Balaban J connectivity index is 2.16. The topological polar surface area (TPSA) is 90.0 Å². The Morgan fingerprint density at radius 1 is 1.32 bits per heavy atom. The maximum atomic E-state index is 12.6. The van der Waals surface area contributed by atoms with E-state index in [1.54, 1.807) is 10.6 Å². The SMILES string of the molecule is Cc1ccc(-c2noc(CCC(=O)NC(C)(C)C)n2)c(=O)n1C(C)C. The number of carbonyl (C=O) groups excluding carboxylic acids is 1. The maximum Gasteiger partial charge on any atom is 0.262 e. The first kappa shape index (κ1) is 18.9. The second-order valence-corrected chi connectivity index (χ2v) is 7.47. The summed E-state index contributed by atoms with van der Waals surface area (Å²) >= 11 is 0. The summed E-state index contributed by atoms with van der Waals surface area (Å²) in [4.78, 5) is 28.8. The van der Waals surface area contributed by atoms with Crippen molar-refractivity contribution in [2.75, 3.05) is 0 Å². The summed E-state index contributed by atoms with van der Waals surface area (Å²) in [7, 11) is 0. The highest BCUT2D eigenvalue weighted by Crippen LogP contribution is 2.15. The molecule has 1 N–H and O–H groups in total. The van der Waals surface area contributed by atoms with Gasteiger partial charge in [0.15, 0.2) is 0 Å². The molecule has 0 saturated carbocycles. The summed E-state index contributed by atoms with van der Waals surface area (Å²) < 4.78 is 6.89. The third-order valence-electron chi connectivity index (χ3n) is 3.63. The van der Waals surface area contributed by atoms with Gasteiger partial charge in [-0.05, 0) is 53.7 Å². The molecule has 0 aromatic carbocycles. The first-order valence-electron chi connectivity index (χ1n) is 8.44. The summed E-state index contributed by atoms with van der Waals surface area (Å²) in [6.45, 7) is 11.6. The molecule has 2 aromatic rings. The molecule has 1 amide bonds. The van der Waals surface area contributed by atoms with Crippen LogP contribution in [0.4, 0.5) is 0 Å². The number of aromatic nitrogens is 3. The molecule has 2 heterocycles. The van der Waals surface area contributed by atoms with Gasteiger partial charge in [-0.15, -0.1) is 0 Å². The third kappa shape index (κ3) is 4.78. The number of hydrogen-bond donors (Lipinski definition) is 1. The van der Waals surface area contributed by atoms with Crippen LogP contribution in [0, 0.1) is 6.92 Å². The largest absolute Gasteiger partial charge is 0.351 e. The lowest BCUT2D eigenvalue weighted by Gasteiger charge is -2.20. The van der Waals surface area contributed by atoms with Gasteiger partial charge in [0.1, 0.15) is 0 Å². The number of pyridine rings is 1. The van der Waals surface area contributed by atoms with Gasteiger partial charge in [-0.3, -0.25) is 9.59 Å². The Morgan fingerprint density at radius 3 is 2.60 bits per heavy atom. The maximum absolute atomic E-state index is 12.6. The standard InChI is InChI=1S/C18H26N4O3/c1-11(2)22-12(3)7-8-13(17(22)24)16-19-15(25-21-16)10-9-14(23)20-18(4,5)6/h7-8,11H,9-10H2,1-6H3,(H,20,23). The lowest BCUT2D eigenvalue weighted by atomic mass is 10.1. The molecule has 0 atom stereocenters. The van der Waals surface area contributed by atoms with Crippen molar-refractivity contribution in [1.82, 2.24) is 20.0 Å². The van der Waals surface area contributed by atoms with Crippen molar-refractivity contribution < 1.29 is 9.32 Å². The zero-order valence-corrected chi connectivity index (χ0v) is 15.7. The van der Waals surface area contributed by atoms with Crippen LogP contribution in [0.5, 0.6) is 0 Å². The highest BCUT2D eigenvalue weighted by molar-refractivity contribution is 5.76. The number of carbonyl (C=O) groups is 1. The summed E-state index contributed by atoms with van der Waals surface area (Å²) in [5.41, 5.74) is 0.855. The van der Waals surface area contributed by atoms with Crippen LogP contribution >= 0.6 is 0 Å². The van der Waals surface area contributed by atoms with E-state index in [9.17, 15) is 9.59 Å². The highest BCUT2D eigenvalue weighted by Gasteiger charge is 2.18. The predicted octanol–water partition coefficient (Wildman–Crippen LogP) is 2.63. The van der Waals surface area contributed by atoms with Crippen LogP contribution in [0.1, 0.15) is 58.7 Å². The fourth-order valence-electron chi connectivity index (χ4n) is 2.62. The summed E-state index contributed by atoms with van der Waals surface area (Å²) in [6, 6.07) is 3.61. The molecule has 0 aliphatic carbocycles. The molecule has 0 saturated heterocycles. The lowest BCUT2D eigenvalue weighted by Crippen LogP contribution is -2.40. The minimum absolute atomic E-state index is 0.0416. The Kier molecular flexibility index (Phi) is 5.45. The van der Waals surface area contributed by atoms with E-state index in [0.717, 1.165) is 5.69 Å². The molecule has 0 aliphatic heterocycles. The van der Waals surface area contributed by atoms with E-state index >= 15 is 0 Å². The predicted molar refractivity (Wildman–Crippen MR) is 95.3 cm³/mol. The van der Waals surface area contributed by atoms with Gasteiger partial charge in [-0.25, -0.2) is 0 Å². The number of nitrogens with zero attached hydrogens (tertiary/aromatic N) is 3. The fourth-order valence-corrected chi connectivity index (χ4v) is 2.62. The van der Waals surface area contributed by atoms with Crippen molar-refractivity contribution in [2.24, 2.45) is 0 Å². The molecular formula is C18H26N4O3. The Morgan fingerprint density at radius 2 is 2.00 bits per heavy atom. The third-order valence-corrected chi connectivity index (χ3v) is 3.63. The van der Waals surface area contributed by atoms with E-state index in [2.05, 4.69) is 15.5 Å². The monoisotopic (exact) mass is 346 g/mol. The minimum Gasteiger partial charge on any atom is -0.351 e. The van der Waals surface area contributed by atoms with E-state index in [1.807, 2.05) is 47.6 Å². The molecule has 2 rings (SSSR count). The summed E-state index contributed by atoms with van der Waals surface area (Å²) in [5.74, 6) is 0.519. The van der Waals surface area contributed by atoms with Crippen LogP contribution in [-0.2, 0) is 11.2 Å². The van der Waals surface area contributed by atoms with Gasteiger partial charge < -0.3 is 14.4 Å². The first-order valence-corrected chi connectivity index (χ1v) is 8.44. The van der Waals surface area contributed by atoms with E-state index in [4.69, 9.17) is 4.52 Å². The van der Waals surface area contributed by atoms with E-state index in [-0.39, 0.29) is 35.3 Å². The van der Waals surface area contributed by atoms with Crippen molar-refractivity contribution in [3.63, 3.8) is 0 Å². The van der Waals surface area contributed by atoms with Gasteiger partial charge in [-0.1, -0.05) is 5.16 Å². The van der Waals surface area contributed by atoms with Crippen LogP contribution in [0.25, 0.3) is 11.4 Å². The lowest BCUT2D eigenvalue weighted by molar-refractivity contribution is -0.122. The molecule has 7 heteroatoms. The molecule has 0 bridgehead atoms. The molecule has 2 aromatic heterocycles. The van der Waals surface area contributed by atoms with Gasteiger partial charge >= 0.3 is 0 Å². The van der Waals surface area contributed by atoms with E-state index < -0.39 is 0 Å². The van der Waals surface area contributed by atoms with Crippen molar-refractivity contribution in [3.05, 3.63) is 34.1 Å². The Bertz CT molecular complexity index is 812. The fraction of sp³-hybridized carbons (Fsp3) is 0.556. The quantitative estimate of drug-likeness (QED) is 0.899. The second-order valence-electron chi connectivity index (χ2n) is 7.47. The average molecular weight is 346 g/mol. The average Bonchev–Trinajstić information content (AvgIpc) is 2.91. The molecule has 7 nitrogen and oxygen atoms in total. The molecule has 0 fully saturated rings. The van der Waals surface area contributed by atoms with Crippen LogP contribution in [0.15, 0.2) is 21.5 Å². The van der Waals surface area contributed by atoms with Crippen molar-refractivity contribution in [2.45, 2.75) is 66.0 Å². The number of rotatable bonds is 5. The highest BCUT2D eigenvalue weighted by atomic mass is 16.5. The van der Waals surface area contributed by atoms with Gasteiger partial charge in [0.2, 0.25) is 17.6 Å². The Hall–Kier alpha value is -2.44. The van der Waals surface area contributed by atoms with Gasteiger partial charge in [-0.2, -0.15) is 4.98 Å². The van der Waals surface area contributed by atoms with Crippen LogP contribution in [0.3, 0.4) is 0 Å². The smallest absolute Gasteiger partial charge is 0.262 e. The molecule has 25 heavy (non-hydrogen) atoms. The van der Waals surface area contributed by atoms with Crippen LogP contribution < -0.4 is 10.9 Å². The number of hydrogen-bond acceptors (Lipinski definition) is 5. The molecule has 0 spiro atoms. The minimum atomic E-state index is -0.277. The summed E-state index contributed by atoms with van der Waals surface area (Å²) in [5, 5.41) is 6.78. The van der Waals surface area contributed by atoms with Gasteiger partial charge in [0.25, 0.3) is 5.56 Å². The van der Waals surface area contributed by atoms with Crippen LogP contribution in [0.2, 0.25) is 0 Å². The Labute approximate surface area is 147 Å². The summed E-state index contributed by atoms with van der Waals surface area (Å²) in [6.07, 6.45) is 0.585. The van der Waals surface area contributed by atoms with Gasteiger partial charge in [0.05, 0.1) is 5.56 Å².